The maximum absolute atomic E-state index is 11.0. The fraction of sp³-hybridized carbons (Fsp3) is 0. The van der Waals surface area contributed by atoms with Crippen LogP contribution in [-0.4, -0.2) is 27.2 Å². The van der Waals surface area contributed by atoms with Crippen molar-refractivity contribution in [2.45, 2.75) is 0 Å². The number of rotatable bonds is 3. The topological polar surface area (TPSA) is 153 Å². The number of nitrogen functional groups attached to an aromatic ring is 1. The predicted molar refractivity (Wildman–Crippen MR) is 52.5 cm³/mol. The summed E-state index contributed by atoms with van der Waals surface area (Å²) in [6, 6.07) is 1.37. The molecule has 90 valence electrons. The molecule has 1 aromatic rings. The molecule has 0 heterocycles. The SMILES string of the molecule is Nc1cc(C(=O)O)c(C(=O)OO)cc1[N+](=O)[O-]. The number of nitrogens with zero attached hydrogens (tertiary/aromatic N) is 1. The Labute approximate surface area is 93.1 Å². The number of benzene rings is 1. The van der Waals surface area contributed by atoms with Crippen LogP contribution >= 0.6 is 0 Å². The fourth-order valence-electron chi connectivity index (χ4n) is 1.16. The predicted octanol–water partition coefficient (Wildman–Crippen LogP) is 0.505. The van der Waals surface area contributed by atoms with Gasteiger partial charge in [0.2, 0.25) is 0 Å². The van der Waals surface area contributed by atoms with E-state index < -0.39 is 39.4 Å². The zero-order valence-electron chi connectivity index (χ0n) is 8.11. The maximum atomic E-state index is 11.0. The van der Waals surface area contributed by atoms with E-state index in [0.717, 1.165) is 6.07 Å². The van der Waals surface area contributed by atoms with Crippen LogP contribution in [0.3, 0.4) is 0 Å². The van der Waals surface area contributed by atoms with Crippen LogP contribution < -0.4 is 5.73 Å². The van der Waals surface area contributed by atoms with Gasteiger partial charge in [-0.1, -0.05) is 0 Å². The molecule has 17 heavy (non-hydrogen) atoms. The van der Waals surface area contributed by atoms with E-state index in [9.17, 15) is 19.7 Å². The van der Waals surface area contributed by atoms with Gasteiger partial charge in [0, 0.05) is 6.07 Å². The number of anilines is 1. The van der Waals surface area contributed by atoms with Gasteiger partial charge >= 0.3 is 11.9 Å². The number of hydrogen-bond donors (Lipinski definition) is 3. The van der Waals surface area contributed by atoms with Crippen LogP contribution in [0.5, 0.6) is 0 Å². The number of hydrogen-bond acceptors (Lipinski definition) is 7. The molecule has 0 amide bonds. The summed E-state index contributed by atoms with van der Waals surface area (Å²) in [6.45, 7) is 0. The molecular weight excluding hydrogens is 236 g/mol. The molecule has 9 heteroatoms. The van der Waals surface area contributed by atoms with E-state index in [-0.39, 0.29) is 0 Å². The van der Waals surface area contributed by atoms with Crippen molar-refractivity contribution in [1.29, 1.82) is 0 Å². The second-order valence-corrected chi connectivity index (χ2v) is 2.90. The van der Waals surface area contributed by atoms with Crippen molar-refractivity contribution in [3.63, 3.8) is 0 Å². The third-order valence-electron chi connectivity index (χ3n) is 1.90. The van der Waals surface area contributed by atoms with E-state index >= 15 is 0 Å². The van der Waals surface area contributed by atoms with Gasteiger partial charge in [-0.25, -0.2) is 9.59 Å². The highest BCUT2D eigenvalue weighted by molar-refractivity contribution is 6.04. The Bertz CT molecular complexity index is 511. The van der Waals surface area contributed by atoms with Gasteiger partial charge in [0.05, 0.1) is 16.1 Å². The summed E-state index contributed by atoms with van der Waals surface area (Å²) in [6.07, 6.45) is 0. The number of nitro groups is 1. The Morgan fingerprint density at radius 1 is 1.35 bits per heavy atom. The molecular formula is C8H6N2O7. The van der Waals surface area contributed by atoms with Crippen molar-refractivity contribution in [3.05, 3.63) is 33.4 Å². The minimum Gasteiger partial charge on any atom is -0.478 e. The first-order chi connectivity index (χ1) is 7.88. The summed E-state index contributed by atoms with van der Waals surface area (Å²) in [5, 5.41) is 27.4. The molecule has 4 N–H and O–H groups in total. The lowest BCUT2D eigenvalue weighted by Gasteiger charge is -2.04. The van der Waals surface area contributed by atoms with Gasteiger partial charge in [0.1, 0.15) is 5.69 Å². The van der Waals surface area contributed by atoms with Gasteiger partial charge in [0.25, 0.3) is 5.69 Å². The number of carbonyl (C=O) groups excluding carboxylic acids is 1. The van der Waals surface area contributed by atoms with Crippen LogP contribution in [0.1, 0.15) is 20.7 Å². The number of aromatic carboxylic acids is 1. The van der Waals surface area contributed by atoms with Crippen LogP contribution in [0.25, 0.3) is 0 Å². The summed E-state index contributed by atoms with van der Waals surface area (Å²) >= 11 is 0. The van der Waals surface area contributed by atoms with E-state index in [1.165, 1.54) is 0 Å². The lowest BCUT2D eigenvalue weighted by molar-refractivity contribution is -0.383. The van der Waals surface area contributed by atoms with Crippen molar-refractivity contribution in [2.75, 3.05) is 5.73 Å². The van der Waals surface area contributed by atoms with E-state index in [1.807, 2.05) is 0 Å². The van der Waals surface area contributed by atoms with E-state index in [4.69, 9.17) is 16.1 Å². The Morgan fingerprint density at radius 3 is 2.35 bits per heavy atom. The van der Waals surface area contributed by atoms with Crippen LogP contribution in [0.2, 0.25) is 0 Å². The normalized spacial score (nSPS) is 9.71. The van der Waals surface area contributed by atoms with Crippen molar-refractivity contribution in [3.8, 4) is 0 Å². The number of carbonyl (C=O) groups is 2. The van der Waals surface area contributed by atoms with Crippen LogP contribution in [0.4, 0.5) is 11.4 Å². The molecule has 0 aliphatic heterocycles. The molecule has 0 spiro atoms. The molecule has 0 radical (unpaired) electrons. The molecule has 0 fully saturated rings. The van der Waals surface area contributed by atoms with E-state index in [1.54, 1.807) is 0 Å². The fourth-order valence-corrected chi connectivity index (χ4v) is 1.16. The summed E-state index contributed by atoms with van der Waals surface area (Å²) < 4.78 is 0. The Kier molecular flexibility index (Phi) is 3.24. The number of carboxylic acid groups (broad SMARTS) is 1. The minimum atomic E-state index is -1.54. The second kappa shape index (κ2) is 4.45. The molecule has 9 nitrogen and oxygen atoms in total. The van der Waals surface area contributed by atoms with Crippen LogP contribution in [-0.2, 0) is 4.89 Å². The van der Waals surface area contributed by atoms with Crippen molar-refractivity contribution in [1.82, 2.24) is 0 Å². The monoisotopic (exact) mass is 242 g/mol. The Balaban J connectivity index is 3.53. The van der Waals surface area contributed by atoms with Gasteiger partial charge in [-0.05, 0) is 6.07 Å². The third-order valence-corrected chi connectivity index (χ3v) is 1.90. The second-order valence-electron chi connectivity index (χ2n) is 2.90. The Hall–Kier alpha value is -2.68. The lowest BCUT2D eigenvalue weighted by atomic mass is 10.1. The summed E-state index contributed by atoms with van der Waals surface area (Å²) in [4.78, 5) is 34.8. The van der Waals surface area contributed by atoms with E-state index in [2.05, 4.69) is 4.89 Å². The van der Waals surface area contributed by atoms with Crippen LogP contribution in [0.15, 0.2) is 12.1 Å². The van der Waals surface area contributed by atoms with Gasteiger partial charge < -0.3 is 10.8 Å². The number of carboxylic acids is 1. The van der Waals surface area contributed by atoms with Gasteiger partial charge in [-0.2, -0.15) is 5.26 Å². The molecule has 0 bridgehead atoms. The molecule has 0 aromatic heterocycles. The average Bonchev–Trinajstić information content (AvgIpc) is 2.26. The first-order valence-corrected chi connectivity index (χ1v) is 4.05. The first-order valence-electron chi connectivity index (χ1n) is 4.05. The van der Waals surface area contributed by atoms with E-state index in [0.29, 0.717) is 6.07 Å². The molecule has 1 rings (SSSR count). The summed E-state index contributed by atoms with van der Waals surface area (Å²) in [5.74, 6) is -2.96. The largest absolute Gasteiger partial charge is 0.478 e. The highest BCUT2D eigenvalue weighted by Crippen LogP contribution is 2.26. The molecule has 0 atom stereocenters. The quantitative estimate of drug-likeness (QED) is 0.299. The highest BCUT2D eigenvalue weighted by Gasteiger charge is 2.24. The summed E-state index contributed by atoms with van der Waals surface area (Å²) in [7, 11) is 0. The third kappa shape index (κ3) is 2.29. The maximum Gasteiger partial charge on any atom is 0.373 e. The number of nitrogens with two attached hydrogens (primary N) is 1. The number of nitro benzene ring substituents is 1. The summed E-state index contributed by atoms with van der Waals surface area (Å²) in [5.41, 5.74) is 2.91. The van der Waals surface area contributed by atoms with Gasteiger partial charge in [0.15, 0.2) is 0 Å². The molecule has 0 saturated heterocycles. The standard InChI is InChI=1S/C8H6N2O7/c9-5-1-3(7(11)12)4(8(13)17-16)2-6(5)10(14)15/h1-2,16H,9H2,(H,11,12). The molecule has 1 aromatic carbocycles. The molecule has 0 aliphatic rings. The first kappa shape index (κ1) is 12.4. The van der Waals surface area contributed by atoms with Gasteiger partial charge in [-0.15, -0.1) is 0 Å². The average molecular weight is 242 g/mol. The smallest absolute Gasteiger partial charge is 0.373 e. The van der Waals surface area contributed by atoms with Crippen LogP contribution in [0, 0.1) is 10.1 Å². The minimum absolute atomic E-state index is 0.415. The zero-order valence-corrected chi connectivity index (χ0v) is 8.11. The molecule has 0 saturated carbocycles. The van der Waals surface area contributed by atoms with Crippen molar-refractivity contribution in [2.24, 2.45) is 0 Å². The Morgan fingerprint density at radius 2 is 1.94 bits per heavy atom. The van der Waals surface area contributed by atoms with Gasteiger partial charge in [-0.3, -0.25) is 15.0 Å². The zero-order chi connectivity index (χ0) is 13.2. The van der Waals surface area contributed by atoms with Crippen molar-refractivity contribution < 1.29 is 29.8 Å². The van der Waals surface area contributed by atoms with Crippen molar-refractivity contribution >= 4 is 23.3 Å². The highest BCUT2D eigenvalue weighted by atomic mass is 17.1. The lowest BCUT2D eigenvalue weighted by Crippen LogP contribution is -2.12. The molecule has 0 unspecified atom stereocenters. The molecule has 0 aliphatic carbocycles.